The number of methoxy groups -OCH3 is 1. The van der Waals surface area contributed by atoms with E-state index >= 15 is 0 Å². The molecule has 0 radical (unpaired) electrons. The summed E-state index contributed by atoms with van der Waals surface area (Å²) in [6.07, 6.45) is 0. The third-order valence-corrected chi connectivity index (χ3v) is 3.37. The number of carbonyl (C=O) groups excluding carboxylic acids is 1. The first-order valence-electron chi connectivity index (χ1n) is 5.72. The molecule has 0 atom stereocenters. The zero-order valence-electron chi connectivity index (χ0n) is 10.8. The molecule has 7 heteroatoms. The molecule has 0 saturated heterocycles. The Bertz CT molecular complexity index is 707. The highest BCUT2D eigenvalue weighted by Crippen LogP contribution is 2.32. The number of nitrogen functional groups attached to an aromatic ring is 1. The van der Waals surface area contributed by atoms with Gasteiger partial charge in [0.2, 0.25) is 0 Å². The lowest BCUT2D eigenvalue weighted by atomic mass is 10.1. The van der Waals surface area contributed by atoms with Crippen molar-refractivity contribution < 1.29 is 18.7 Å². The third-order valence-electron chi connectivity index (χ3n) is 2.63. The number of hydrogen-bond acceptors (Lipinski definition) is 4. The molecule has 0 aromatic heterocycles. The molecule has 2 aromatic rings. The standard InChI is InChI=1S/C14H10Cl2FNO3/c1-20-14(19)8-5-13(11(17)6-12(8)18)21-7-2-3-9(15)10(16)4-7/h2-6H,18H2,1H3. The van der Waals surface area contributed by atoms with Crippen LogP contribution < -0.4 is 10.5 Å². The summed E-state index contributed by atoms with van der Waals surface area (Å²) >= 11 is 11.6. The highest BCUT2D eigenvalue weighted by molar-refractivity contribution is 6.42. The fourth-order valence-corrected chi connectivity index (χ4v) is 1.89. The predicted octanol–water partition coefficient (Wildman–Crippen LogP) is 4.29. The van der Waals surface area contributed by atoms with E-state index in [0.29, 0.717) is 5.02 Å². The summed E-state index contributed by atoms with van der Waals surface area (Å²) in [6.45, 7) is 0. The molecule has 0 unspecified atom stereocenters. The van der Waals surface area contributed by atoms with Crippen molar-refractivity contribution in [3.8, 4) is 11.5 Å². The van der Waals surface area contributed by atoms with Crippen LogP contribution >= 0.6 is 23.2 Å². The van der Waals surface area contributed by atoms with Crippen LogP contribution in [0.15, 0.2) is 30.3 Å². The van der Waals surface area contributed by atoms with Gasteiger partial charge >= 0.3 is 5.97 Å². The predicted molar refractivity (Wildman–Crippen MR) is 78.7 cm³/mol. The average molecular weight is 330 g/mol. The Hall–Kier alpha value is -1.98. The molecule has 0 aliphatic heterocycles. The van der Waals surface area contributed by atoms with Crippen molar-refractivity contribution in [3.05, 3.63) is 51.8 Å². The Kier molecular flexibility index (Phi) is 4.55. The van der Waals surface area contributed by atoms with Gasteiger partial charge in [0.05, 0.1) is 22.7 Å². The molecule has 0 spiro atoms. The van der Waals surface area contributed by atoms with Crippen LogP contribution in [0.5, 0.6) is 11.5 Å². The van der Waals surface area contributed by atoms with Crippen molar-refractivity contribution in [3.63, 3.8) is 0 Å². The average Bonchev–Trinajstić information content (AvgIpc) is 2.45. The third kappa shape index (κ3) is 3.37. The van der Waals surface area contributed by atoms with Crippen LogP contribution in [0.2, 0.25) is 10.0 Å². The molecule has 0 fully saturated rings. The maximum absolute atomic E-state index is 13.8. The van der Waals surface area contributed by atoms with Crippen LogP contribution in [-0.4, -0.2) is 13.1 Å². The number of benzene rings is 2. The van der Waals surface area contributed by atoms with Crippen molar-refractivity contribution in [1.29, 1.82) is 0 Å². The molecule has 21 heavy (non-hydrogen) atoms. The number of nitrogens with two attached hydrogens (primary N) is 1. The molecular weight excluding hydrogens is 320 g/mol. The summed E-state index contributed by atoms with van der Waals surface area (Å²) in [6, 6.07) is 6.60. The van der Waals surface area contributed by atoms with Gasteiger partial charge in [-0.3, -0.25) is 0 Å². The lowest BCUT2D eigenvalue weighted by Gasteiger charge is -2.11. The summed E-state index contributed by atoms with van der Waals surface area (Å²) < 4.78 is 23.8. The number of hydrogen-bond donors (Lipinski definition) is 1. The largest absolute Gasteiger partial charge is 0.465 e. The maximum atomic E-state index is 13.8. The van der Waals surface area contributed by atoms with E-state index in [1.807, 2.05) is 0 Å². The molecule has 110 valence electrons. The summed E-state index contributed by atoms with van der Waals surface area (Å²) in [5, 5.41) is 0.607. The Morgan fingerprint density at radius 2 is 1.90 bits per heavy atom. The summed E-state index contributed by atoms with van der Waals surface area (Å²) in [7, 11) is 1.20. The number of anilines is 1. The second kappa shape index (κ2) is 6.20. The minimum atomic E-state index is -0.716. The van der Waals surface area contributed by atoms with Gasteiger partial charge in [0.1, 0.15) is 5.75 Å². The SMILES string of the molecule is COC(=O)c1cc(Oc2ccc(Cl)c(Cl)c2)c(F)cc1N. The van der Waals surface area contributed by atoms with Gasteiger partial charge in [0.25, 0.3) is 0 Å². The minimum absolute atomic E-state index is 0.00830. The number of ether oxygens (including phenoxy) is 2. The van der Waals surface area contributed by atoms with E-state index in [4.69, 9.17) is 33.7 Å². The molecular formula is C14H10Cl2FNO3. The zero-order chi connectivity index (χ0) is 15.6. The van der Waals surface area contributed by atoms with E-state index in [1.54, 1.807) is 0 Å². The molecule has 0 bridgehead atoms. The molecule has 2 aromatic carbocycles. The monoisotopic (exact) mass is 329 g/mol. The number of carbonyl (C=O) groups is 1. The van der Waals surface area contributed by atoms with E-state index in [9.17, 15) is 9.18 Å². The van der Waals surface area contributed by atoms with Gasteiger partial charge in [-0.2, -0.15) is 0 Å². The molecule has 0 saturated carbocycles. The van der Waals surface area contributed by atoms with Crippen LogP contribution in [0.4, 0.5) is 10.1 Å². The van der Waals surface area contributed by atoms with E-state index < -0.39 is 11.8 Å². The molecule has 4 nitrogen and oxygen atoms in total. The lowest BCUT2D eigenvalue weighted by molar-refractivity contribution is 0.0601. The zero-order valence-corrected chi connectivity index (χ0v) is 12.3. The van der Waals surface area contributed by atoms with Crippen molar-refractivity contribution in [2.75, 3.05) is 12.8 Å². The van der Waals surface area contributed by atoms with E-state index in [0.717, 1.165) is 6.07 Å². The molecule has 2 rings (SSSR count). The molecule has 0 heterocycles. The maximum Gasteiger partial charge on any atom is 0.340 e. The second-order valence-corrected chi connectivity index (χ2v) is 4.85. The van der Waals surface area contributed by atoms with Crippen LogP contribution in [0.3, 0.4) is 0 Å². The van der Waals surface area contributed by atoms with E-state index in [2.05, 4.69) is 4.74 Å². The van der Waals surface area contributed by atoms with Crippen LogP contribution in [-0.2, 0) is 4.74 Å². The highest BCUT2D eigenvalue weighted by atomic mass is 35.5. The van der Waals surface area contributed by atoms with Crippen LogP contribution in [0.1, 0.15) is 10.4 Å². The van der Waals surface area contributed by atoms with Crippen molar-refractivity contribution in [2.45, 2.75) is 0 Å². The molecule has 2 N–H and O–H groups in total. The van der Waals surface area contributed by atoms with Crippen molar-refractivity contribution >= 4 is 34.9 Å². The van der Waals surface area contributed by atoms with Gasteiger partial charge < -0.3 is 15.2 Å². The number of rotatable bonds is 3. The quantitative estimate of drug-likeness (QED) is 0.673. The topological polar surface area (TPSA) is 61.5 Å². The fourth-order valence-electron chi connectivity index (χ4n) is 1.60. The summed E-state index contributed by atoms with van der Waals surface area (Å²) in [5.74, 6) is -1.32. The normalized spacial score (nSPS) is 10.3. The lowest BCUT2D eigenvalue weighted by Crippen LogP contribution is -2.06. The smallest absolute Gasteiger partial charge is 0.340 e. The van der Waals surface area contributed by atoms with Gasteiger partial charge in [0.15, 0.2) is 11.6 Å². The van der Waals surface area contributed by atoms with Gasteiger partial charge in [-0.25, -0.2) is 9.18 Å². The van der Waals surface area contributed by atoms with Crippen molar-refractivity contribution in [2.24, 2.45) is 0 Å². The second-order valence-electron chi connectivity index (χ2n) is 4.04. The Morgan fingerprint density at radius 3 is 2.52 bits per heavy atom. The van der Waals surface area contributed by atoms with Gasteiger partial charge in [-0.15, -0.1) is 0 Å². The van der Waals surface area contributed by atoms with Gasteiger partial charge in [-0.05, 0) is 12.1 Å². The first-order chi connectivity index (χ1) is 9.92. The van der Waals surface area contributed by atoms with Crippen molar-refractivity contribution in [1.82, 2.24) is 0 Å². The minimum Gasteiger partial charge on any atom is -0.465 e. The number of halogens is 3. The first kappa shape index (κ1) is 15.4. The van der Waals surface area contributed by atoms with Gasteiger partial charge in [0, 0.05) is 23.9 Å². The summed E-state index contributed by atoms with van der Waals surface area (Å²) in [4.78, 5) is 11.5. The Balaban J connectivity index is 2.39. The molecule has 0 aliphatic carbocycles. The molecule has 0 amide bonds. The van der Waals surface area contributed by atoms with Gasteiger partial charge in [-0.1, -0.05) is 23.2 Å². The Labute approximate surface area is 130 Å². The fraction of sp³-hybridized carbons (Fsp3) is 0.0714. The first-order valence-corrected chi connectivity index (χ1v) is 6.48. The van der Waals surface area contributed by atoms with Crippen LogP contribution in [0.25, 0.3) is 0 Å². The van der Waals surface area contributed by atoms with E-state index in [-0.39, 0.29) is 27.8 Å². The van der Waals surface area contributed by atoms with E-state index in [1.165, 1.54) is 31.4 Å². The van der Waals surface area contributed by atoms with Crippen LogP contribution in [0, 0.1) is 5.82 Å². The Morgan fingerprint density at radius 1 is 1.19 bits per heavy atom. The summed E-state index contributed by atoms with van der Waals surface area (Å²) in [5.41, 5.74) is 5.54. The molecule has 0 aliphatic rings. The number of esters is 1. The highest BCUT2D eigenvalue weighted by Gasteiger charge is 2.16.